The summed E-state index contributed by atoms with van der Waals surface area (Å²) in [7, 11) is 0. The van der Waals surface area contributed by atoms with Gasteiger partial charge in [0, 0.05) is 21.4 Å². The minimum atomic E-state index is -0.0377. The molecule has 0 aliphatic rings. The molecule has 100 valence electrons. The van der Waals surface area contributed by atoms with Crippen LogP contribution in [0.25, 0.3) is 5.69 Å². The highest BCUT2D eigenvalue weighted by atomic mass is 79.9. The number of aryl methyl sites for hydroxylation is 2. The molecule has 2 nitrogen and oxygen atoms in total. The van der Waals surface area contributed by atoms with Crippen molar-refractivity contribution in [2.24, 2.45) is 0 Å². The normalized spacial score (nSPS) is 10.8. The number of benzene rings is 1. The molecule has 0 spiro atoms. The van der Waals surface area contributed by atoms with Crippen molar-refractivity contribution < 1.29 is 4.79 Å². The van der Waals surface area contributed by atoms with Gasteiger partial charge in [-0.25, -0.2) is 0 Å². The van der Waals surface area contributed by atoms with Crippen LogP contribution in [0.1, 0.15) is 27.3 Å². The number of Topliss-reactive ketones (excluding diaryl/α,β-unsaturated/α-hetero) is 1. The smallest absolute Gasteiger partial charge is 0.179 e. The standard InChI is InChI=1S/C15H15BrClNO/c1-9-4-5-14(13(16)6-9)18-10(2)7-12(11(18)3)15(19)8-17/h4-7H,8H2,1-3H3. The molecule has 1 aromatic carbocycles. The van der Waals surface area contributed by atoms with Crippen LogP contribution in [0.4, 0.5) is 0 Å². The molecule has 1 aromatic heterocycles. The zero-order valence-corrected chi connectivity index (χ0v) is 13.5. The quantitative estimate of drug-likeness (QED) is 0.592. The SMILES string of the molecule is Cc1ccc(-n2c(C)cc(C(=O)CCl)c2C)c(Br)c1. The molecule has 0 bridgehead atoms. The maximum atomic E-state index is 11.8. The van der Waals surface area contributed by atoms with E-state index in [9.17, 15) is 4.79 Å². The minimum absolute atomic E-state index is 0.0133. The summed E-state index contributed by atoms with van der Waals surface area (Å²) in [5.41, 5.74) is 4.87. The first-order chi connectivity index (χ1) is 8.95. The van der Waals surface area contributed by atoms with Crippen molar-refractivity contribution in [1.82, 2.24) is 4.57 Å². The van der Waals surface area contributed by atoms with Gasteiger partial charge in [-0.3, -0.25) is 4.79 Å². The summed E-state index contributed by atoms with van der Waals surface area (Å²) >= 11 is 9.23. The number of hydrogen-bond acceptors (Lipinski definition) is 1. The number of halogens is 2. The molecule has 1 heterocycles. The number of carbonyl (C=O) groups excluding carboxylic acids is 1. The number of carbonyl (C=O) groups is 1. The van der Waals surface area contributed by atoms with Crippen molar-refractivity contribution in [1.29, 1.82) is 0 Å². The summed E-state index contributed by atoms with van der Waals surface area (Å²) in [5.74, 6) is -0.0245. The van der Waals surface area contributed by atoms with Gasteiger partial charge in [0.05, 0.1) is 11.6 Å². The first-order valence-corrected chi connectivity index (χ1v) is 7.33. The first-order valence-electron chi connectivity index (χ1n) is 6.00. The fourth-order valence-electron chi connectivity index (χ4n) is 2.28. The van der Waals surface area contributed by atoms with E-state index >= 15 is 0 Å². The molecule has 0 unspecified atom stereocenters. The van der Waals surface area contributed by atoms with Crippen LogP contribution in [-0.2, 0) is 0 Å². The van der Waals surface area contributed by atoms with Gasteiger partial charge in [0.2, 0.25) is 0 Å². The molecule has 0 radical (unpaired) electrons. The average Bonchev–Trinajstić information content (AvgIpc) is 2.65. The predicted molar refractivity (Wildman–Crippen MR) is 82.7 cm³/mol. The molecule has 0 aliphatic heterocycles. The molecular formula is C15H15BrClNO. The maximum absolute atomic E-state index is 11.8. The highest BCUT2D eigenvalue weighted by Crippen LogP contribution is 2.28. The Morgan fingerprint density at radius 1 is 1.26 bits per heavy atom. The van der Waals surface area contributed by atoms with Crippen LogP contribution in [0.5, 0.6) is 0 Å². The van der Waals surface area contributed by atoms with Gasteiger partial charge in [-0.05, 0) is 60.5 Å². The Labute approximate surface area is 126 Å². The largest absolute Gasteiger partial charge is 0.317 e. The van der Waals surface area contributed by atoms with Crippen LogP contribution in [0, 0.1) is 20.8 Å². The Hall–Kier alpha value is -1.06. The Morgan fingerprint density at radius 3 is 2.53 bits per heavy atom. The van der Waals surface area contributed by atoms with Gasteiger partial charge in [-0.2, -0.15) is 0 Å². The molecule has 0 amide bonds. The Balaban J connectivity index is 2.63. The van der Waals surface area contributed by atoms with Crippen molar-refractivity contribution in [3.8, 4) is 5.69 Å². The third-order valence-corrected chi connectivity index (χ3v) is 4.07. The Morgan fingerprint density at radius 2 is 1.95 bits per heavy atom. The Kier molecular flexibility index (Phi) is 4.16. The van der Waals surface area contributed by atoms with E-state index in [1.54, 1.807) is 0 Å². The van der Waals surface area contributed by atoms with E-state index in [0.29, 0.717) is 5.56 Å². The van der Waals surface area contributed by atoms with Crippen LogP contribution in [-0.4, -0.2) is 16.2 Å². The van der Waals surface area contributed by atoms with Gasteiger partial charge in [0.25, 0.3) is 0 Å². The number of hydrogen-bond donors (Lipinski definition) is 0. The summed E-state index contributed by atoms with van der Waals surface area (Å²) in [4.78, 5) is 11.8. The van der Waals surface area contributed by atoms with Crippen molar-refractivity contribution in [2.45, 2.75) is 20.8 Å². The van der Waals surface area contributed by atoms with E-state index in [0.717, 1.165) is 21.5 Å². The van der Waals surface area contributed by atoms with Crippen LogP contribution >= 0.6 is 27.5 Å². The molecule has 2 aromatic rings. The summed E-state index contributed by atoms with van der Waals surface area (Å²) in [6.07, 6.45) is 0. The van der Waals surface area contributed by atoms with Crippen LogP contribution in [0.3, 0.4) is 0 Å². The third-order valence-electron chi connectivity index (χ3n) is 3.20. The lowest BCUT2D eigenvalue weighted by molar-refractivity contribution is 0.102. The van der Waals surface area contributed by atoms with Crippen molar-refractivity contribution in [3.63, 3.8) is 0 Å². The van der Waals surface area contributed by atoms with E-state index in [4.69, 9.17) is 11.6 Å². The van der Waals surface area contributed by atoms with Crippen LogP contribution < -0.4 is 0 Å². The van der Waals surface area contributed by atoms with Gasteiger partial charge < -0.3 is 4.57 Å². The second kappa shape index (κ2) is 5.51. The lowest BCUT2D eigenvalue weighted by Gasteiger charge is -2.12. The molecule has 0 N–H and O–H groups in total. The third kappa shape index (κ3) is 2.63. The minimum Gasteiger partial charge on any atom is -0.317 e. The second-order valence-electron chi connectivity index (χ2n) is 4.63. The van der Waals surface area contributed by atoms with Crippen molar-refractivity contribution in [3.05, 3.63) is 51.3 Å². The molecule has 4 heteroatoms. The lowest BCUT2D eigenvalue weighted by Crippen LogP contribution is -2.04. The average molecular weight is 341 g/mol. The van der Waals surface area contributed by atoms with Gasteiger partial charge >= 0.3 is 0 Å². The number of ketones is 1. The molecular weight excluding hydrogens is 326 g/mol. The van der Waals surface area contributed by atoms with E-state index in [1.807, 2.05) is 32.9 Å². The zero-order valence-electron chi connectivity index (χ0n) is 11.1. The van der Waals surface area contributed by atoms with Crippen molar-refractivity contribution in [2.75, 3.05) is 5.88 Å². The van der Waals surface area contributed by atoms with Crippen molar-refractivity contribution >= 4 is 33.3 Å². The van der Waals surface area contributed by atoms with Crippen LogP contribution in [0.15, 0.2) is 28.7 Å². The Bertz CT molecular complexity index is 646. The molecule has 19 heavy (non-hydrogen) atoms. The second-order valence-corrected chi connectivity index (χ2v) is 5.75. The number of alkyl halides is 1. The van der Waals surface area contributed by atoms with Gasteiger partial charge in [0.1, 0.15) is 0 Å². The summed E-state index contributed by atoms with van der Waals surface area (Å²) < 4.78 is 3.09. The fraction of sp³-hybridized carbons (Fsp3) is 0.267. The lowest BCUT2D eigenvalue weighted by atomic mass is 10.2. The topological polar surface area (TPSA) is 22.0 Å². The molecule has 0 aliphatic carbocycles. The summed E-state index contributed by atoms with van der Waals surface area (Å²) in [6.45, 7) is 5.98. The number of rotatable bonds is 3. The monoisotopic (exact) mass is 339 g/mol. The number of aromatic nitrogens is 1. The van der Waals surface area contributed by atoms with E-state index < -0.39 is 0 Å². The highest BCUT2D eigenvalue weighted by molar-refractivity contribution is 9.10. The number of nitrogens with zero attached hydrogens (tertiary/aromatic N) is 1. The first kappa shape index (κ1) is 14.4. The molecule has 0 saturated carbocycles. The maximum Gasteiger partial charge on any atom is 0.179 e. The fourth-order valence-corrected chi connectivity index (χ4v) is 3.10. The van der Waals surface area contributed by atoms with Gasteiger partial charge in [-0.1, -0.05) is 6.07 Å². The molecule has 2 rings (SSSR count). The summed E-state index contributed by atoms with van der Waals surface area (Å²) in [6, 6.07) is 8.07. The van der Waals surface area contributed by atoms with Crippen LogP contribution in [0.2, 0.25) is 0 Å². The predicted octanol–water partition coefficient (Wildman–Crippen LogP) is 4.59. The summed E-state index contributed by atoms with van der Waals surface area (Å²) in [5, 5.41) is 0. The highest BCUT2D eigenvalue weighted by Gasteiger charge is 2.16. The molecule has 0 atom stereocenters. The molecule has 0 fully saturated rings. The van der Waals surface area contributed by atoms with E-state index in [-0.39, 0.29) is 11.7 Å². The van der Waals surface area contributed by atoms with E-state index in [1.165, 1.54) is 5.56 Å². The van der Waals surface area contributed by atoms with Gasteiger partial charge in [-0.15, -0.1) is 11.6 Å². The van der Waals surface area contributed by atoms with Gasteiger partial charge in [0.15, 0.2) is 5.78 Å². The zero-order chi connectivity index (χ0) is 14.2. The molecule has 0 saturated heterocycles. The van der Waals surface area contributed by atoms with E-state index in [2.05, 4.69) is 32.6 Å².